The van der Waals surface area contributed by atoms with Crippen LogP contribution >= 0.6 is 0 Å². The van der Waals surface area contributed by atoms with E-state index in [0.29, 0.717) is 0 Å². The molecular formula is C27H47N3O7. The number of carbonyl (C=O) groups is 4. The van der Waals surface area contributed by atoms with E-state index in [2.05, 4.69) is 30.7 Å². The van der Waals surface area contributed by atoms with Gasteiger partial charge in [0.25, 0.3) is 0 Å². The van der Waals surface area contributed by atoms with E-state index in [1.165, 1.54) is 36.7 Å². The normalized spacial score (nSPS) is 18.4. The monoisotopic (exact) mass is 525 g/mol. The molecule has 0 radical (unpaired) electrons. The first-order chi connectivity index (χ1) is 17.3. The van der Waals surface area contributed by atoms with Crippen LogP contribution in [0.4, 0.5) is 4.79 Å². The number of nitrogens with one attached hydrogen (secondary N) is 2. The fourth-order valence-electron chi connectivity index (χ4n) is 3.46. The van der Waals surface area contributed by atoms with Gasteiger partial charge < -0.3 is 30.1 Å². The molecular weight excluding hydrogens is 478 g/mol. The number of likely N-dealkylation sites (tertiary alicyclic amines) is 1. The molecule has 37 heavy (non-hydrogen) atoms. The molecule has 0 aromatic rings. The van der Waals surface area contributed by atoms with Crippen molar-refractivity contribution < 1.29 is 33.8 Å². The van der Waals surface area contributed by atoms with Gasteiger partial charge in [0, 0.05) is 18.9 Å². The van der Waals surface area contributed by atoms with E-state index in [1.807, 2.05) is 6.08 Å². The number of aliphatic hydroxyl groups is 1. The summed E-state index contributed by atoms with van der Waals surface area (Å²) in [5, 5.41) is 14.9. The van der Waals surface area contributed by atoms with Crippen molar-refractivity contribution in [3.05, 3.63) is 25.3 Å². The highest BCUT2D eigenvalue weighted by Gasteiger charge is 2.40. The zero-order valence-corrected chi connectivity index (χ0v) is 23.4. The first kappa shape index (κ1) is 34.1. The highest BCUT2D eigenvalue weighted by Crippen LogP contribution is 2.19. The van der Waals surface area contributed by atoms with Gasteiger partial charge in [-0.15, -0.1) is 13.2 Å². The van der Waals surface area contributed by atoms with Gasteiger partial charge in [-0.3, -0.25) is 9.59 Å². The molecule has 1 rings (SSSR count). The van der Waals surface area contributed by atoms with Gasteiger partial charge in [-0.1, -0.05) is 38.8 Å². The summed E-state index contributed by atoms with van der Waals surface area (Å²) in [5.74, 6) is -2.16. The minimum atomic E-state index is -0.984. The predicted octanol–water partition coefficient (Wildman–Crippen LogP) is 3.10. The highest BCUT2D eigenvalue weighted by atomic mass is 16.6. The van der Waals surface area contributed by atoms with Crippen molar-refractivity contribution in [2.24, 2.45) is 5.92 Å². The number of aliphatic hydroxyl groups excluding tert-OH is 1. The molecule has 10 nitrogen and oxygen atoms in total. The standard InChI is InChI=1S/C20H33N3O7.C7H14/c1-7-12(3)16(18(27)29-8-2)22-17(26)14-9-13(24)11-23(14)15(25)10-21-19(28)30-20(4,5)6;1-3-5-7-6-4-2/h7,12-14,16,24H,1,8-11H2,2-6H3,(H,21,28)(H,22,26);3H,1,4-7H2,2H3/t12-,13?,14-,16?;/m0./s1. The first-order valence-corrected chi connectivity index (χ1v) is 13.0. The zero-order valence-electron chi connectivity index (χ0n) is 23.4. The summed E-state index contributed by atoms with van der Waals surface area (Å²) >= 11 is 0. The van der Waals surface area contributed by atoms with Crippen LogP contribution in [0, 0.1) is 5.92 Å². The average molecular weight is 526 g/mol. The van der Waals surface area contributed by atoms with E-state index in [1.54, 1.807) is 34.6 Å². The van der Waals surface area contributed by atoms with Crippen molar-refractivity contribution in [3.63, 3.8) is 0 Å². The van der Waals surface area contributed by atoms with Gasteiger partial charge >= 0.3 is 12.1 Å². The fourth-order valence-corrected chi connectivity index (χ4v) is 3.46. The number of nitrogens with zero attached hydrogens (tertiary/aromatic N) is 1. The number of esters is 1. The quantitative estimate of drug-likeness (QED) is 0.202. The van der Waals surface area contributed by atoms with Gasteiger partial charge in [0.1, 0.15) is 24.2 Å². The molecule has 1 saturated heterocycles. The van der Waals surface area contributed by atoms with Crippen molar-refractivity contribution in [3.8, 4) is 0 Å². The number of hydrogen-bond donors (Lipinski definition) is 3. The molecule has 1 fully saturated rings. The summed E-state index contributed by atoms with van der Waals surface area (Å²) < 4.78 is 10.1. The third kappa shape index (κ3) is 13.9. The summed E-state index contributed by atoms with van der Waals surface area (Å²) in [6.45, 7) is 17.6. The molecule has 10 heteroatoms. The smallest absolute Gasteiger partial charge is 0.408 e. The maximum absolute atomic E-state index is 12.8. The Balaban J connectivity index is 0.00000161. The summed E-state index contributed by atoms with van der Waals surface area (Å²) in [6, 6.07) is -1.95. The Hall–Kier alpha value is -2.88. The number of rotatable bonds is 12. The molecule has 212 valence electrons. The Morgan fingerprint density at radius 2 is 1.81 bits per heavy atom. The largest absolute Gasteiger partial charge is 0.464 e. The van der Waals surface area contributed by atoms with E-state index in [4.69, 9.17) is 9.47 Å². The number of allylic oxidation sites excluding steroid dienone is 1. The van der Waals surface area contributed by atoms with Crippen LogP contribution in [-0.4, -0.2) is 77.4 Å². The number of alkyl carbamates (subject to hydrolysis) is 1. The van der Waals surface area contributed by atoms with Crippen LogP contribution in [0.25, 0.3) is 0 Å². The number of carbonyl (C=O) groups excluding carboxylic acids is 4. The summed E-state index contributed by atoms with van der Waals surface area (Å²) in [7, 11) is 0. The third-order valence-corrected chi connectivity index (χ3v) is 5.43. The van der Waals surface area contributed by atoms with Gasteiger partial charge in [-0.2, -0.15) is 0 Å². The zero-order chi connectivity index (χ0) is 28.6. The van der Waals surface area contributed by atoms with E-state index in [9.17, 15) is 24.3 Å². The van der Waals surface area contributed by atoms with Crippen molar-refractivity contribution in [2.75, 3.05) is 19.7 Å². The molecule has 3 N–H and O–H groups in total. The second-order valence-corrected chi connectivity index (χ2v) is 9.92. The molecule has 0 aliphatic carbocycles. The van der Waals surface area contributed by atoms with Crippen LogP contribution in [-0.2, 0) is 23.9 Å². The molecule has 0 spiro atoms. The topological polar surface area (TPSA) is 134 Å². The van der Waals surface area contributed by atoms with E-state index >= 15 is 0 Å². The summed E-state index contributed by atoms with van der Waals surface area (Å²) in [6.07, 6.45) is 7.02. The Labute approximate surface area is 221 Å². The third-order valence-electron chi connectivity index (χ3n) is 5.43. The Kier molecular flexibility index (Phi) is 16.2. The van der Waals surface area contributed by atoms with E-state index < -0.39 is 60.1 Å². The molecule has 3 amide bonds. The Morgan fingerprint density at radius 3 is 2.32 bits per heavy atom. The Bertz CT molecular complexity index is 764. The van der Waals surface area contributed by atoms with Crippen LogP contribution in [0.1, 0.15) is 73.6 Å². The van der Waals surface area contributed by atoms with Gasteiger partial charge in [0.15, 0.2) is 0 Å². The molecule has 2 unspecified atom stereocenters. The van der Waals surface area contributed by atoms with Crippen molar-refractivity contribution in [1.29, 1.82) is 0 Å². The van der Waals surface area contributed by atoms with Gasteiger partial charge in [-0.05, 0) is 40.5 Å². The maximum atomic E-state index is 12.8. The number of β-amino-alcohol motifs (C(OH)–C–C–N with tert-alkyl or cyclic N) is 1. The van der Waals surface area contributed by atoms with Crippen molar-refractivity contribution in [2.45, 2.75) is 97.4 Å². The second-order valence-electron chi connectivity index (χ2n) is 9.92. The molecule has 1 aliphatic rings. The van der Waals surface area contributed by atoms with Gasteiger partial charge in [0.05, 0.1) is 12.7 Å². The maximum Gasteiger partial charge on any atom is 0.408 e. The SMILES string of the molecule is C=CCCCCC.C=C[C@H](C)C(NC(=O)[C@@H]1CC(O)CN1C(=O)CNC(=O)OC(C)(C)C)C(=O)OCC. The molecule has 1 heterocycles. The average Bonchev–Trinajstić information content (AvgIpc) is 3.22. The lowest BCUT2D eigenvalue weighted by molar-refractivity contribution is -0.149. The van der Waals surface area contributed by atoms with E-state index in [-0.39, 0.29) is 19.6 Å². The highest BCUT2D eigenvalue weighted by molar-refractivity contribution is 5.92. The van der Waals surface area contributed by atoms with Crippen LogP contribution in [0.5, 0.6) is 0 Å². The van der Waals surface area contributed by atoms with Gasteiger partial charge in [-0.25, -0.2) is 9.59 Å². The number of unbranched alkanes of at least 4 members (excludes halogenated alkanes) is 3. The van der Waals surface area contributed by atoms with Crippen molar-refractivity contribution in [1.82, 2.24) is 15.5 Å². The number of ether oxygens (including phenoxy) is 2. The lowest BCUT2D eigenvalue weighted by atomic mass is 10.0. The van der Waals surface area contributed by atoms with Gasteiger partial charge in [0.2, 0.25) is 11.8 Å². The fraction of sp³-hybridized carbons (Fsp3) is 0.704. The minimum Gasteiger partial charge on any atom is -0.464 e. The number of amides is 3. The second kappa shape index (κ2) is 17.6. The molecule has 0 saturated carbocycles. The minimum absolute atomic E-state index is 0.0159. The predicted molar refractivity (Wildman–Crippen MR) is 143 cm³/mol. The molecule has 1 aliphatic heterocycles. The molecule has 4 atom stereocenters. The lowest BCUT2D eigenvalue weighted by Crippen LogP contribution is -2.54. The first-order valence-electron chi connectivity index (χ1n) is 13.0. The van der Waals surface area contributed by atoms with Crippen LogP contribution in [0.15, 0.2) is 25.3 Å². The summed E-state index contributed by atoms with van der Waals surface area (Å²) in [5.41, 5.74) is -0.719. The van der Waals surface area contributed by atoms with Crippen LogP contribution in [0.3, 0.4) is 0 Å². The number of hydrogen-bond acceptors (Lipinski definition) is 7. The van der Waals surface area contributed by atoms with Crippen LogP contribution < -0.4 is 10.6 Å². The summed E-state index contributed by atoms with van der Waals surface area (Å²) in [4.78, 5) is 50.5. The lowest BCUT2D eigenvalue weighted by Gasteiger charge is -2.27. The van der Waals surface area contributed by atoms with Crippen molar-refractivity contribution >= 4 is 23.9 Å². The molecule has 0 aromatic heterocycles. The molecule has 0 aromatic carbocycles. The van der Waals surface area contributed by atoms with E-state index in [0.717, 1.165) is 0 Å². The Morgan fingerprint density at radius 1 is 1.16 bits per heavy atom. The molecule has 0 bridgehead atoms. The van der Waals surface area contributed by atoms with Crippen LogP contribution in [0.2, 0.25) is 0 Å².